The number of H-pyrrole nitrogens is 1. The van der Waals surface area contributed by atoms with Crippen LogP contribution in [0.2, 0.25) is 0 Å². The summed E-state index contributed by atoms with van der Waals surface area (Å²) < 4.78 is 54.0. The van der Waals surface area contributed by atoms with E-state index in [1.165, 1.54) is 18.5 Å². The maximum atomic E-state index is 14.1. The number of alkyl halides is 3. The first-order chi connectivity index (χ1) is 12.7. The molecule has 5 nitrogen and oxygen atoms in total. The molecule has 1 N–H and O–H groups in total. The third-order valence-corrected chi connectivity index (χ3v) is 4.30. The zero-order valence-electron chi connectivity index (χ0n) is 13.9. The minimum Gasteiger partial charge on any atom is -0.298 e. The van der Waals surface area contributed by atoms with Crippen molar-refractivity contribution in [3.05, 3.63) is 58.5 Å². The predicted octanol–water partition coefficient (Wildman–Crippen LogP) is 3.95. The lowest BCUT2D eigenvalue weighted by atomic mass is 10.0. The average molecular weight is 376 g/mol. The van der Waals surface area contributed by atoms with Gasteiger partial charge in [-0.2, -0.15) is 22.7 Å². The van der Waals surface area contributed by atoms with Gasteiger partial charge in [-0.15, -0.1) is 0 Å². The van der Waals surface area contributed by atoms with Crippen molar-refractivity contribution >= 4 is 21.8 Å². The molecular weight excluding hydrogens is 364 g/mol. The van der Waals surface area contributed by atoms with Gasteiger partial charge in [0.2, 0.25) is 5.95 Å². The summed E-state index contributed by atoms with van der Waals surface area (Å²) in [4.78, 5) is 16.2. The van der Waals surface area contributed by atoms with Crippen LogP contribution in [0.1, 0.15) is 5.56 Å². The summed E-state index contributed by atoms with van der Waals surface area (Å²) in [5.74, 6) is -0.743. The molecule has 0 aliphatic heterocycles. The van der Waals surface area contributed by atoms with E-state index in [0.717, 1.165) is 0 Å². The number of pyridine rings is 2. The van der Waals surface area contributed by atoms with Crippen LogP contribution in [0, 0.1) is 12.9 Å². The fraction of sp³-hybridized carbons (Fsp3) is 0.167. The smallest absolute Gasteiger partial charge is 0.298 e. The molecular formula is C18H12F4N4O. The second-order valence-electron chi connectivity index (χ2n) is 6.25. The van der Waals surface area contributed by atoms with Crippen molar-refractivity contribution in [1.29, 1.82) is 0 Å². The first-order valence-corrected chi connectivity index (χ1v) is 7.93. The van der Waals surface area contributed by atoms with Crippen molar-refractivity contribution in [3.63, 3.8) is 0 Å². The lowest BCUT2D eigenvalue weighted by Gasteiger charge is -2.14. The topological polar surface area (TPSA) is 63.6 Å². The van der Waals surface area contributed by atoms with Crippen LogP contribution in [0.4, 0.5) is 17.6 Å². The predicted molar refractivity (Wildman–Crippen MR) is 91.8 cm³/mol. The Morgan fingerprint density at radius 3 is 2.67 bits per heavy atom. The molecule has 4 aromatic rings. The zero-order chi connectivity index (χ0) is 19.3. The van der Waals surface area contributed by atoms with Crippen molar-refractivity contribution in [2.45, 2.75) is 19.6 Å². The second kappa shape index (κ2) is 5.90. The van der Waals surface area contributed by atoms with Crippen LogP contribution in [-0.2, 0) is 6.54 Å². The van der Waals surface area contributed by atoms with Crippen molar-refractivity contribution in [2.75, 3.05) is 0 Å². The molecule has 0 aliphatic rings. The Morgan fingerprint density at radius 2 is 1.93 bits per heavy atom. The van der Waals surface area contributed by atoms with Gasteiger partial charge in [0.15, 0.2) is 0 Å². The highest BCUT2D eigenvalue weighted by Crippen LogP contribution is 2.30. The summed E-state index contributed by atoms with van der Waals surface area (Å²) in [5, 5.41) is 6.85. The molecule has 0 saturated heterocycles. The van der Waals surface area contributed by atoms with Gasteiger partial charge in [-0.1, -0.05) is 12.1 Å². The highest BCUT2D eigenvalue weighted by molar-refractivity contribution is 6.04. The molecule has 3 aromatic heterocycles. The molecule has 0 aliphatic carbocycles. The van der Waals surface area contributed by atoms with Crippen LogP contribution >= 0.6 is 0 Å². The highest BCUT2D eigenvalue weighted by atomic mass is 19.4. The summed E-state index contributed by atoms with van der Waals surface area (Å²) in [5.41, 5.74) is 0.722. The number of hydrogen-bond acceptors (Lipinski definition) is 3. The highest BCUT2D eigenvalue weighted by Gasteiger charge is 2.30. The largest absolute Gasteiger partial charge is 0.406 e. The van der Waals surface area contributed by atoms with E-state index in [9.17, 15) is 22.4 Å². The van der Waals surface area contributed by atoms with Gasteiger partial charge >= 0.3 is 6.18 Å². The van der Waals surface area contributed by atoms with Gasteiger partial charge in [-0.3, -0.25) is 14.5 Å². The molecule has 0 amide bonds. The van der Waals surface area contributed by atoms with E-state index in [2.05, 4.69) is 15.2 Å². The molecule has 0 bridgehead atoms. The lowest BCUT2D eigenvalue weighted by Crippen LogP contribution is -2.28. The second-order valence-corrected chi connectivity index (χ2v) is 6.25. The summed E-state index contributed by atoms with van der Waals surface area (Å²) >= 11 is 0. The monoisotopic (exact) mass is 376 g/mol. The summed E-state index contributed by atoms with van der Waals surface area (Å²) in [6, 6.07) is 6.02. The molecule has 1 aromatic carbocycles. The van der Waals surface area contributed by atoms with E-state index in [1.54, 1.807) is 25.1 Å². The molecule has 27 heavy (non-hydrogen) atoms. The van der Waals surface area contributed by atoms with Crippen molar-refractivity contribution in [2.24, 2.45) is 0 Å². The third kappa shape index (κ3) is 2.94. The van der Waals surface area contributed by atoms with Gasteiger partial charge in [-0.25, -0.2) is 4.98 Å². The quantitative estimate of drug-likeness (QED) is 0.426. The number of hydrogen-bond donors (Lipinski definition) is 1. The maximum absolute atomic E-state index is 14.1. The number of aromatic nitrogens is 4. The molecule has 0 saturated carbocycles. The molecule has 0 atom stereocenters. The molecule has 138 valence electrons. The summed E-state index contributed by atoms with van der Waals surface area (Å²) in [6.45, 7) is 0.270. The van der Waals surface area contributed by atoms with E-state index in [0.29, 0.717) is 26.6 Å². The third-order valence-electron chi connectivity index (χ3n) is 4.30. The SMILES string of the molecule is Cc1cnc(F)c(-c2ccc3c4[nH]ncc4c(=O)n(CC(F)(F)F)c3c2)c1. The van der Waals surface area contributed by atoms with Crippen molar-refractivity contribution < 1.29 is 17.6 Å². The minimum atomic E-state index is -4.60. The zero-order valence-corrected chi connectivity index (χ0v) is 13.9. The van der Waals surface area contributed by atoms with Crippen LogP contribution in [0.15, 0.2) is 41.5 Å². The number of benzene rings is 1. The van der Waals surface area contributed by atoms with E-state index in [1.807, 2.05) is 0 Å². The van der Waals surface area contributed by atoms with Gasteiger partial charge in [-0.05, 0) is 30.2 Å². The molecule has 4 rings (SSSR count). The molecule has 3 heterocycles. The van der Waals surface area contributed by atoms with Gasteiger partial charge in [0.25, 0.3) is 5.56 Å². The van der Waals surface area contributed by atoms with Gasteiger partial charge < -0.3 is 0 Å². The van der Waals surface area contributed by atoms with Crippen LogP contribution in [0.25, 0.3) is 32.9 Å². The Morgan fingerprint density at radius 1 is 1.15 bits per heavy atom. The minimum absolute atomic E-state index is 0.0347. The Labute approximate surface area is 149 Å². The molecule has 0 spiro atoms. The van der Waals surface area contributed by atoms with Crippen molar-refractivity contribution in [3.8, 4) is 11.1 Å². The van der Waals surface area contributed by atoms with Crippen LogP contribution in [-0.4, -0.2) is 25.9 Å². The molecule has 9 heteroatoms. The number of fused-ring (bicyclic) bond motifs is 3. The number of rotatable bonds is 2. The fourth-order valence-corrected chi connectivity index (χ4v) is 3.13. The average Bonchev–Trinajstić information content (AvgIpc) is 3.09. The number of aryl methyl sites for hydroxylation is 1. The number of aromatic amines is 1. The van der Waals surface area contributed by atoms with Crippen LogP contribution in [0.5, 0.6) is 0 Å². The van der Waals surface area contributed by atoms with E-state index < -0.39 is 24.2 Å². The van der Waals surface area contributed by atoms with Gasteiger partial charge in [0.1, 0.15) is 6.54 Å². The Kier molecular flexibility index (Phi) is 3.76. The number of nitrogens with one attached hydrogen (secondary N) is 1. The van der Waals surface area contributed by atoms with E-state index >= 15 is 0 Å². The maximum Gasteiger partial charge on any atom is 0.406 e. The van der Waals surface area contributed by atoms with Gasteiger partial charge in [0.05, 0.1) is 22.6 Å². The number of nitrogens with zero attached hydrogens (tertiary/aromatic N) is 3. The van der Waals surface area contributed by atoms with E-state index in [4.69, 9.17) is 0 Å². The Hall–Kier alpha value is -3.23. The van der Waals surface area contributed by atoms with Gasteiger partial charge in [0, 0.05) is 17.1 Å². The number of halogens is 4. The molecule has 0 radical (unpaired) electrons. The normalized spacial score (nSPS) is 12.2. The lowest BCUT2D eigenvalue weighted by molar-refractivity contribution is -0.140. The fourth-order valence-electron chi connectivity index (χ4n) is 3.13. The van der Waals surface area contributed by atoms with E-state index in [-0.39, 0.29) is 16.5 Å². The molecule has 0 unspecified atom stereocenters. The summed E-state index contributed by atoms with van der Waals surface area (Å²) in [7, 11) is 0. The van der Waals surface area contributed by atoms with Crippen molar-refractivity contribution in [1.82, 2.24) is 19.7 Å². The first-order valence-electron chi connectivity index (χ1n) is 7.93. The Bertz CT molecular complexity index is 1240. The Balaban J connectivity index is 2.07. The summed E-state index contributed by atoms with van der Waals surface area (Å²) in [6.07, 6.45) is -2.05. The first kappa shape index (κ1) is 17.2. The molecule has 0 fully saturated rings. The van der Waals surface area contributed by atoms with Crippen LogP contribution in [0.3, 0.4) is 0 Å². The van der Waals surface area contributed by atoms with Crippen LogP contribution < -0.4 is 5.56 Å². The standard InChI is InChI=1S/C18H12F4N4O/c1-9-4-12(16(19)23-6-9)10-2-3-11-14(5-10)26(8-18(20,21)22)17(27)13-7-24-25-15(11)13/h2-7H,8H2,1H3,(H,24,25).